The average molecular weight is 425 g/mol. The van der Waals surface area contributed by atoms with Crippen molar-refractivity contribution in [1.29, 1.82) is 0 Å². The smallest absolute Gasteiger partial charge is 0.264 e. The van der Waals surface area contributed by atoms with Gasteiger partial charge in [-0.3, -0.25) is 4.31 Å². The van der Waals surface area contributed by atoms with E-state index in [-0.39, 0.29) is 0 Å². The first-order valence-electron chi connectivity index (χ1n) is 7.04. The van der Waals surface area contributed by atoms with Gasteiger partial charge in [0.25, 0.3) is 10.0 Å². The van der Waals surface area contributed by atoms with E-state index in [0.29, 0.717) is 4.90 Å². The van der Waals surface area contributed by atoms with E-state index in [1.807, 2.05) is 42.5 Å². The summed E-state index contributed by atoms with van der Waals surface area (Å²) in [5.74, 6) is 0. The summed E-state index contributed by atoms with van der Waals surface area (Å²) in [4.78, 5) is 0.385. The number of rotatable bonds is 2. The Morgan fingerprint density at radius 3 is 2.41 bits per heavy atom. The van der Waals surface area contributed by atoms with Gasteiger partial charge >= 0.3 is 0 Å². The number of aryl methyl sites for hydroxylation is 1. The van der Waals surface area contributed by atoms with Crippen molar-refractivity contribution in [3.05, 3.63) is 65.2 Å². The Labute approximate surface area is 144 Å². The standard InChI is InChI=1S/C17H16INO2S/c1-3-12-9-10-15-14(11-12)16(18)17(19(2)22(15,20)21)13-7-5-4-6-8-13/h4-11H,3H2,1-2H3. The van der Waals surface area contributed by atoms with Crippen LogP contribution in [0.4, 0.5) is 0 Å². The van der Waals surface area contributed by atoms with Gasteiger partial charge in [0.15, 0.2) is 0 Å². The second-order valence-corrected chi connectivity index (χ2v) is 8.20. The SMILES string of the molecule is CCc1ccc2c(c1)C(I)=C(c1ccccc1)N(C)S2(=O)=O. The van der Waals surface area contributed by atoms with Crippen molar-refractivity contribution in [2.75, 3.05) is 7.05 Å². The molecule has 2 aromatic carbocycles. The Bertz CT molecular complexity index is 857. The Balaban J connectivity index is 2.34. The van der Waals surface area contributed by atoms with Gasteiger partial charge in [-0.2, -0.15) is 0 Å². The van der Waals surface area contributed by atoms with Gasteiger partial charge in [0.05, 0.1) is 10.6 Å². The molecule has 0 radical (unpaired) electrons. The monoisotopic (exact) mass is 425 g/mol. The fourth-order valence-corrected chi connectivity index (χ4v) is 5.51. The molecule has 1 aliphatic heterocycles. The van der Waals surface area contributed by atoms with Crippen molar-refractivity contribution in [3.8, 4) is 0 Å². The fraction of sp³-hybridized carbons (Fsp3) is 0.176. The average Bonchev–Trinajstić information content (AvgIpc) is 2.54. The minimum Gasteiger partial charge on any atom is -0.268 e. The van der Waals surface area contributed by atoms with Crippen molar-refractivity contribution in [2.45, 2.75) is 18.2 Å². The van der Waals surface area contributed by atoms with Crippen LogP contribution in [0.5, 0.6) is 0 Å². The van der Waals surface area contributed by atoms with Crippen molar-refractivity contribution in [2.24, 2.45) is 0 Å². The van der Waals surface area contributed by atoms with Crippen LogP contribution in [0.15, 0.2) is 53.4 Å². The highest BCUT2D eigenvalue weighted by Crippen LogP contribution is 2.43. The molecule has 2 aromatic rings. The lowest BCUT2D eigenvalue weighted by atomic mass is 10.0. The number of hydrogen-bond acceptors (Lipinski definition) is 2. The molecular formula is C17H16INO2S. The van der Waals surface area contributed by atoms with E-state index in [2.05, 4.69) is 29.5 Å². The van der Waals surface area contributed by atoms with Crippen LogP contribution in [0, 0.1) is 0 Å². The number of sulfonamides is 1. The van der Waals surface area contributed by atoms with Crippen LogP contribution >= 0.6 is 22.6 Å². The predicted octanol–water partition coefficient (Wildman–Crippen LogP) is 4.14. The van der Waals surface area contributed by atoms with E-state index >= 15 is 0 Å². The van der Waals surface area contributed by atoms with E-state index in [0.717, 1.165) is 32.4 Å². The molecule has 0 atom stereocenters. The summed E-state index contributed by atoms with van der Waals surface area (Å²) in [7, 11) is -1.89. The number of benzene rings is 2. The minimum absolute atomic E-state index is 0.385. The molecule has 0 spiro atoms. The number of hydrogen-bond donors (Lipinski definition) is 0. The first-order valence-corrected chi connectivity index (χ1v) is 9.56. The highest BCUT2D eigenvalue weighted by Gasteiger charge is 2.34. The first-order chi connectivity index (χ1) is 10.5. The molecule has 22 heavy (non-hydrogen) atoms. The van der Waals surface area contributed by atoms with Crippen LogP contribution < -0.4 is 0 Å². The summed E-state index contributed by atoms with van der Waals surface area (Å²) in [6.45, 7) is 2.07. The largest absolute Gasteiger partial charge is 0.268 e. The maximum Gasteiger partial charge on any atom is 0.264 e. The lowest BCUT2D eigenvalue weighted by Gasteiger charge is -2.30. The number of fused-ring (bicyclic) bond motifs is 1. The molecular weight excluding hydrogens is 409 g/mol. The Morgan fingerprint density at radius 2 is 1.77 bits per heavy atom. The maximum atomic E-state index is 12.8. The molecule has 0 N–H and O–H groups in total. The van der Waals surface area contributed by atoms with Crippen molar-refractivity contribution in [3.63, 3.8) is 0 Å². The molecule has 5 heteroatoms. The van der Waals surface area contributed by atoms with Gasteiger partial charge < -0.3 is 0 Å². The molecule has 0 amide bonds. The number of nitrogens with zero attached hydrogens (tertiary/aromatic N) is 1. The zero-order valence-electron chi connectivity index (χ0n) is 12.4. The third-order valence-electron chi connectivity index (χ3n) is 3.90. The summed E-state index contributed by atoms with van der Waals surface area (Å²) < 4.78 is 28.0. The molecule has 1 heterocycles. The fourth-order valence-electron chi connectivity index (χ4n) is 2.63. The molecule has 1 aliphatic rings. The predicted molar refractivity (Wildman–Crippen MR) is 98.0 cm³/mol. The van der Waals surface area contributed by atoms with Crippen LogP contribution in [-0.4, -0.2) is 19.8 Å². The lowest BCUT2D eigenvalue weighted by Crippen LogP contribution is -2.30. The van der Waals surface area contributed by atoms with Gasteiger partial charge in [0.2, 0.25) is 0 Å². The zero-order chi connectivity index (χ0) is 15.9. The zero-order valence-corrected chi connectivity index (χ0v) is 15.3. The Kier molecular flexibility index (Phi) is 4.03. The summed E-state index contributed by atoms with van der Waals surface area (Å²) in [5, 5.41) is 0. The van der Waals surface area contributed by atoms with Crippen LogP contribution in [0.25, 0.3) is 9.28 Å². The van der Waals surface area contributed by atoms with Crippen LogP contribution in [-0.2, 0) is 16.4 Å². The third-order valence-corrected chi connectivity index (χ3v) is 6.80. The number of halogens is 1. The molecule has 114 valence electrons. The topological polar surface area (TPSA) is 37.4 Å². The lowest BCUT2D eigenvalue weighted by molar-refractivity contribution is 0.544. The van der Waals surface area contributed by atoms with E-state index in [4.69, 9.17) is 0 Å². The van der Waals surface area contributed by atoms with Gasteiger partial charge in [-0.25, -0.2) is 8.42 Å². The summed E-state index contributed by atoms with van der Waals surface area (Å²) >= 11 is 2.25. The molecule has 0 saturated heterocycles. The van der Waals surface area contributed by atoms with Crippen molar-refractivity contribution in [1.82, 2.24) is 4.31 Å². The molecule has 0 bridgehead atoms. The molecule has 0 aromatic heterocycles. The molecule has 0 unspecified atom stereocenters. The Hall–Kier alpha value is -1.34. The van der Waals surface area contributed by atoms with E-state index in [1.165, 1.54) is 4.31 Å². The first kappa shape index (κ1) is 15.6. The van der Waals surface area contributed by atoms with Gasteiger partial charge in [-0.05, 0) is 52.3 Å². The van der Waals surface area contributed by atoms with Gasteiger partial charge in [0.1, 0.15) is 0 Å². The minimum atomic E-state index is -3.51. The highest BCUT2D eigenvalue weighted by atomic mass is 127. The second-order valence-electron chi connectivity index (χ2n) is 5.19. The summed E-state index contributed by atoms with van der Waals surface area (Å²) in [6.07, 6.45) is 0.883. The van der Waals surface area contributed by atoms with E-state index < -0.39 is 10.0 Å². The van der Waals surface area contributed by atoms with Crippen molar-refractivity contribution < 1.29 is 8.42 Å². The summed E-state index contributed by atoms with van der Waals surface area (Å²) in [6, 6.07) is 15.3. The highest BCUT2D eigenvalue weighted by molar-refractivity contribution is 14.1. The van der Waals surface area contributed by atoms with E-state index in [9.17, 15) is 8.42 Å². The maximum absolute atomic E-state index is 12.8. The van der Waals surface area contributed by atoms with Gasteiger partial charge in [-0.15, -0.1) is 0 Å². The quantitative estimate of drug-likeness (QED) is 0.679. The normalized spacial score (nSPS) is 16.6. The molecule has 3 rings (SSSR count). The van der Waals surface area contributed by atoms with Crippen LogP contribution in [0.2, 0.25) is 0 Å². The second kappa shape index (κ2) is 5.70. The van der Waals surface area contributed by atoms with Crippen LogP contribution in [0.3, 0.4) is 0 Å². The molecule has 0 aliphatic carbocycles. The van der Waals surface area contributed by atoms with E-state index in [1.54, 1.807) is 13.1 Å². The summed E-state index contributed by atoms with van der Waals surface area (Å²) in [5.41, 5.74) is 3.59. The van der Waals surface area contributed by atoms with Gasteiger partial charge in [0, 0.05) is 16.2 Å². The van der Waals surface area contributed by atoms with Gasteiger partial charge in [-0.1, -0.05) is 43.3 Å². The molecule has 0 saturated carbocycles. The molecule has 3 nitrogen and oxygen atoms in total. The van der Waals surface area contributed by atoms with Crippen molar-refractivity contribution >= 4 is 41.9 Å². The third kappa shape index (κ3) is 2.36. The van der Waals surface area contributed by atoms with Crippen LogP contribution in [0.1, 0.15) is 23.6 Å². The molecule has 0 fully saturated rings. The Morgan fingerprint density at radius 1 is 1.09 bits per heavy atom.